The quantitative estimate of drug-likeness (QED) is 0.135. The number of esters is 1. The standard InChI is InChI=1S/C33H30N2O4/c1-2-37-32(36)14-9-19-38-29-18-17-26-20-28(16-15-27(26)21-29)33-34-30(25-12-7-4-8-13-25)22-31(35-33)39-23-24-10-5-3-6-11-24/h3-8,10-13,15-18,20-22H,2,9,14,19,23H2,1H3. The van der Waals surface area contributed by atoms with E-state index in [9.17, 15) is 4.79 Å². The first-order valence-electron chi connectivity index (χ1n) is 13.1. The molecule has 39 heavy (non-hydrogen) atoms. The van der Waals surface area contributed by atoms with Crippen LogP contribution in [0.15, 0.2) is 103 Å². The third-order valence-electron chi connectivity index (χ3n) is 6.17. The van der Waals surface area contributed by atoms with Gasteiger partial charge in [-0.2, -0.15) is 4.98 Å². The molecule has 0 fully saturated rings. The topological polar surface area (TPSA) is 70.5 Å². The number of ether oxygens (including phenoxy) is 3. The Morgan fingerprint density at radius 2 is 1.49 bits per heavy atom. The monoisotopic (exact) mass is 518 g/mol. The maximum Gasteiger partial charge on any atom is 0.305 e. The maximum atomic E-state index is 11.5. The second kappa shape index (κ2) is 12.7. The summed E-state index contributed by atoms with van der Waals surface area (Å²) in [5, 5.41) is 2.09. The molecule has 0 saturated carbocycles. The first-order chi connectivity index (χ1) is 19.2. The van der Waals surface area contributed by atoms with Gasteiger partial charge in [-0.15, -0.1) is 0 Å². The van der Waals surface area contributed by atoms with Crippen molar-refractivity contribution in [2.45, 2.75) is 26.4 Å². The lowest BCUT2D eigenvalue weighted by molar-refractivity contribution is -0.143. The smallest absolute Gasteiger partial charge is 0.305 e. The highest BCUT2D eigenvalue weighted by Crippen LogP contribution is 2.29. The Morgan fingerprint density at radius 3 is 2.28 bits per heavy atom. The highest BCUT2D eigenvalue weighted by Gasteiger charge is 2.11. The molecule has 1 aromatic heterocycles. The molecule has 0 N–H and O–H groups in total. The number of hydrogen-bond donors (Lipinski definition) is 0. The lowest BCUT2D eigenvalue weighted by atomic mass is 10.1. The number of benzene rings is 4. The summed E-state index contributed by atoms with van der Waals surface area (Å²) in [6.07, 6.45) is 0.962. The number of fused-ring (bicyclic) bond motifs is 1. The van der Waals surface area contributed by atoms with E-state index in [2.05, 4.69) is 6.07 Å². The van der Waals surface area contributed by atoms with E-state index in [1.54, 1.807) is 6.92 Å². The molecule has 0 saturated heterocycles. The summed E-state index contributed by atoms with van der Waals surface area (Å²) in [6, 6.07) is 34.0. The van der Waals surface area contributed by atoms with Gasteiger partial charge >= 0.3 is 5.97 Å². The Hall–Kier alpha value is -4.71. The fraction of sp³-hybridized carbons (Fsp3) is 0.182. The van der Waals surface area contributed by atoms with Gasteiger partial charge in [0.05, 0.1) is 18.9 Å². The van der Waals surface area contributed by atoms with E-state index < -0.39 is 0 Å². The number of nitrogens with zero attached hydrogens (tertiary/aromatic N) is 2. The molecule has 0 amide bonds. The van der Waals surface area contributed by atoms with Crippen LogP contribution in [0.4, 0.5) is 0 Å². The van der Waals surface area contributed by atoms with Crippen LogP contribution in [0.25, 0.3) is 33.4 Å². The molecule has 196 valence electrons. The number of rotatable bonds is 11. The highest BCUT2D eigenvalue weighted by atomic mass is 16.5. The van der Waals surface area contributed by atoms with Gasteiger partial charge in [0.15, 0.2) is 5.82 Å². The van der Waals surface area contributed by atoms with E-state index in [4.69, 9.17) is 24.2 Å². The number of aromatic nitrogens is 2. The summed E-state index contributed by atoms with van der Waals surface area (Å²) in [5.41, 5.74) is 3.77. The Morgan fingerprint density at radius 1 is 0.744 bits per heavy atom. The molecule has 0 unspecified atom stereocenters. The van der Waals surface area contributed by atoms with Crippen molar-refractivity contribution in [3.8, 4) is 34.3 Å². The van der Waals surface area contributed by atoms with Gasteiger partial charge in [-0.25, -0.2) is 4.98 Å². The van der Waals surface area contributed by atoms with Gasteiger partial charge in [0.1, 0.15) is 12.4 Å². The Balaban J connectivity index is 1.36. The molecule has 0 bridgehead atoms. The van der Waals surface area contributed by atoms with Crippen molar-refractivity contribution in [2.24, 2.45) is 0 Å². The van der Waals surface area contributed by atoms with E-state index >= 15 is 0 Å². The molecule has 5 aromatic rings. The van der Waals surface area contributed by atoms with Crippen LogP contribution in [0.3, 0.4) is 0 Å². The molecular formula is C33H30N2O4. The average Bonchev–Trinajstić information content (AvgIpc) is 2.99. The third kappa shape index (κ3) is 6.99. The molecule has 0 radical (unpaired) electrons. The van der Waals surface area contributed by atoms with Gasteiger partial charge in [0.2, 0.25) is 5.88 Å². The number of carbonyl (C=O) groups excluding carboxylic acids is 1. The Bertz CT molecular complexity index is 1540. The first kappa shape index (κ1) is 25.9. The van der Waals surface area contributed by atoms with Crippen LogP contribution < -0.4 is 9.47 Å². The number of hydrogen-bond acceptors (Lipinski definition) is 6. The van der Waals surface area contributed by atoms with E-state index in [0.717, 1.165) is 38.9 Å². The predicted molar refractivity (Wildman–Crippen MR) is 153 cm³/mol. The van der Waals surface area contributed by atoms with Gasteiger partial charge in [0, 0.05) is 23.6 Å². The van der Waals surface area contributed by atoms with E-state index in [0.29, 0.717) is 44.4 Å². The normalized spacial score (nSPS) is 10.8. The second-order valence-electron chi connectivity index (χ2n) is 9.04. The Kier molecular flexibility index (Phi) is 8.44. The Labute approximate surface area is 228 Å². The van der Waals surface area contributed by atoms with E-state index in [1.165, 1.54) is 0 Å². The van der Waals surface area contributed by atoms with Crippen LogP contribution in [-0.4, -0.2) is 29.2 Å². The van der Waals surface area contributed by atoms with Crippen molar-refractivity contribution < 1.29 is 19.0 Å². The molecule has 0 aliphatic carbocycles. The molecule has 1 heterocycles. The fourth-order valence-corrected chi connectivity index (χ4v) is 4.21. The molecule has 0 aliphatic rings. The molecule has 0 atom stereocenters. The van der Waals surface area contributed by atoms with Gasteiger partial charge < -0.3 is 14.2 Å². The zero-order valence-electron chi connectivity index (χ0n) is 21.9. The van der Waals surface area contributed by atoms with Crippen molar-refractivity contribution in [3.05, 3.63) is 109 Å². The minimum absolute atomic E-state index is 0.195. The summed E-state index contributed by atoms with van der Waals surface area (Å²) in [7, 11) is 0. The van der Waals surface area contributed by atoms with Crippen LogP contribution in [0.2, 0.25) is 0 Å². The average molecular weight is 519 g/mol. The molecule has 0 aliphatic heterocycles. The van der Waals surface area contributed by atoms with Crippen LogP contribution in [0, 0.1) is 0 Å². The van der Waals surface area contributed by atoms with Crippen molar-refractivity contribution in [1.29, 1.82) is 0 Å². The maximum absolute atomic E-state index is 11.5. The third-order valence-corrected chi connectivity index (χ3v) is 6.17. The summed E-state index contributed by atoms with van der Waals surface area (Å²) >= 11 is 0. The van der Waals surface area contributed by atoms with E-state index in [-0.39, 0.29) is 5.97 Å². The SMILES string of the molecule is CCOC(=O)CCCOc1ccc2cc(-c3nc(OCc4ccccc4)cc(-c4ccccc4)n3)ccc2c1. The van der Waals surface area contributed by atoms with E-state index in [1.807, 2.05) is 97.1 Å². The molecule has 0 spiro atoms. The predicted octanol–water partition coefficient (Wildman–Crippen LogP) is 7.26. The van der Waals surface area contributed by atoms with Crippen LogP contribution in [0.5, 0.6) is 11.6 Å². The fourth-order valence-electron chi connectivity index (χ4n) is 4.21. The highest BCUT2D eigenvalue weighted by molar-refractivity contribution is 5.87. The van der Waals surface area contributed by atoms with Gasteiger partial charge in [-0.1, -0.05) is 78.9 Å². The molecule has 5 rings (SSSR count). The lowest BCUT2D eigenvalue weighted by Gasteiger charge is -2.11. The number of carbonyl (C=O) groups is 1. The zero-order valence-corrected chi connectivity index (χ0v) is 21.9. The minimum Gasteiger partial charge on any atom is -0.494 e. The zero-order chi connectivity index (χ0) is 26.9. The largest absolute Gasteiger partial charge is 0.494 e. The van der Waals surface area contributed by atoms with Crippen molar-refractivity contribution >= 4 is 16.7 Å². The molecular weight excluding hydrogens is 488 g/mol. The summed E-state index contributed by atoms with van der Waals surface area (Å²) in [5.74, 6) is 1.69. The van der Waals surface area contributed by atoms with Crippen LogP contribution >= 0.6 is 0 Å². The molecule has 4 aromatic carbocycles. The van der Waals surface area contributed by atoms with Crippen molar-refractivity contribution in [3.63, 3.8) is 0 Å². The van der Waals surface area contributed by atoms with Crippen molar-refractivity contribution in [2.75, 3.05) is 13.2 Å². The molecule has 6 nitrogen and oxygen atoms in total. The van der Waals surface area contributed by atoms with Crippen molar-refractivity contribution in [1.82, 2.24) is 9.97 Å². The second-order valence-corrected chi connectivity index (χ2v) is 9.04. The van der Waals surface area contributed by atoms with Crippen LogP contribution in [0.1, 0.15) is 25.3 Å². The first-order valence-corrected chi connectivity index (χ1v) is 13.1. The molecule has 6 heteroatoms. The van der Waals surface area contributed by atoms with Crippen LogP contribution in [-0.2, 0) is 16.1 Å². The summed E-state index contributed by atoms with van der Waals surface area (Å²) in [4.78, 5) is 21.1. The summed E-state index contributed by atoms with van der Waals surface area (Å²) in [6.45, 7) is 3.08. The minimum atomic E-state index is -0.195. The van der Waals surface area contributed by atoms with Gasteiger partial charge in [-0.05, 0) is 47.9 Å². The van der Waals surface area contributed by atoms with Gasteiger partial charge in [-0.3, -0.25) is 4.79 Å². The van der Waals surface area contributed by atoms with Gasteiger partial charge in [0.25, 0.3) is 0 Å². The summed E-state index contributed by atoms with van der Waals surface area (Å²) < 4.78 is 16.9. The lowest BCUT2D eigenvalue weighted by Crippen LogP contribution is -2.06.